The zero-order chi connectivity index (χ0) is 18.9. The van der Waals surface area contributed by atoms with E-state index in [4.69, 9.17) is 10.5 Å². The van der Waals surface area contributed by atoms with Gasteiger partial charge in [0.1, 0.15) is 12.6 Å². The van der Waals surface area contributed by atoms with Gasteiger partial charge < -0.3 is 10.5 Å². The molecule has 0 radical (unpaired) electrons. The Kier molecular flexibility index (Phi) is 13.8. The van der Waals surface area contributed by atoms with Gasteiger partial charge in [0, 0.05) is 0 Å². The third-order valence-electron chi connectivity index (χ3n) is 4.90. The molecule has 0 amide bonds. The molecule has 0 spiro atoms. The summed E-state index contributed by atoms with van der Waals surface area (Å²) in [6.45, 7) is 2.58. The van der Waals surface area contributed by atoms with Crippen molar-refractivity contribution in [3.63, 3.8) is 0 Å². The third-order valence-corrected chi connectivity index (χ3v) is 4.90. The van der Waals surface area contributed by atoms with Gasteiger partial charge >= 0.3 is 5.97 Å². The van der Waals surface area contributed by atoms with Crippen molar-refractivity contribution in [2.45, 2.75) is 103 Å². The quantitative estimate of drug-likeness (QED) is 0.284. The Balaban J connectivity index is 1.90. The number of carbonyl (C=O) groups is 1. The lowest BCUT2D eigenvalue weighted by molar-refractivity contribution is -0.146. The molecule has 0 saturated heterocycles. The van der Waals surface area contributed by atoms with Gasteiger partial charge in [0.25, 0.3) is 0 Å². The molecule has 3 nitrogen and oxygen atoms in total. The number of unbranched alkanes of at least 4 members (excludes halogenated alkanes) is 11. The van der Waals surface area contributed by atoms with Gasteiger partial charge in [-0.05, 0) is 12.0 Å². The average molecular weight is 362 g/mol. The van der Waals surface area contributed by atoms with Crippen LogP contribution in [0.4, 0.5) is 0 Å². The normalized spacial score (nSPS) is 12.1. The third kappa shape index (κ3) is 12.1. The summed E-state index contributed by atoms with van der Waals surface area (Å²) in [6.07, 6.45) is 16.5. The van der Waals surface area contributed by atoms with Crippen LogP contribution in [0.2, 0.25) is 0 Å². The largest absolute Gasteiger partial charge is 0.460 e. The number of rotatable bonds is 16. The van der Waals surface area contributed by atoms with E-state index in [0.717, 1.165) is 24.8 Å². The number of esters is 1. The molecule has 0 fully saturated rings. The predicted molar refractivity (Wildman–Crippen MR) is 110 cm³/mol. The van der Waals surface area contributed by atoms with Crippen molar-refractivity contribution in [1.29, 1.82) is 0 Å². The molecule has 1 aromatic rings. The Hall–Kier alpha value is -1.35. The van der Waals surface area contributed by atoms with E-state index in [2.05, 4.69) is 6.92 Å². The minimum absolute atomic E-state index is 0.281. The lowest BCUT2D eigenvalue weighted by Gasteiger charge is -2.11. The summed E-state index contributed by atoms with van der Waals surface area (Å²) in [5.41, 5.74) is 6.94. The summed E-state index contributed by atoms with van der Waals surface area (Å²) in [6, 6.07) is 9.24. The Morgan fingerprint density at radius 1 is 0.846 bits per heavy atom. The van der Waals surface area contributed by atoms with Crippen molar-refractivity contribution in [3.05, 3.63) is 35.9 Å². The first kappa shape index (κ1) is 22.7. The minimum Gasteiger partial charge on any atom is -0.460 e. The van der Waals surface area contributed by atoms with Crippen LogP contribution in [0.15, 0.2) is 30.3 Å². The lowest BCUT2D eigenvalue weighted by Crippen LogP contribution is -2.32. The van der Waals surface area contributed by atoms with Gasteiger partial charge in [0.2, 0.25) is 0 Å². The van der Waals surface area contributed by atoms with E-state index in [1.165, 1.54) is 64.2 Å². The molecule has 0 aromatic heterocycles. The molecule has 0 aliphatic rings. The molecule has 1 atom stereocenters. The van der Waals surface area contributed by atoms with Crippen LogP contribution in [0.1, 0.15) is 96.0 Å². The highest BCUT2D eigenvalue weighted by Crippen LogP contribution is 2.13. The summed E-state index contributed by atoms with van der Waals surface area (Å²) >= 11 is 0. The highest BCUT2D eigenvalue weighted by molar-refractivity contribution is 5.75. The fourth-order valence-corrected chi connectivity index (χ4v) is 3.16. The van der Waals surface area contributed by atoms with E-state index in [9.17, 15) is 4.79 Å². The van der Waals surface area contributed by atoms with E-state index in [0.29, 0.717) is 6.61 Å². The topological polar surface area (TPSA) is 52.3 Å². The van der Waals surface area contributed by atoms with Crippen LogP contribution in [0.5, 0.6) is 0 Å². The van der Waals surface area contributed by atoms with E-state index >= 15 is 0 Å². The van der Waals surface area contributed by atoms with Crippen molar-refractivity contribution in [3.8, 4) is 0 Å². The predicted octanol–water partition coefficient (Wildman–Crippen LogP) is 6.15. The molecule has 2 N–H and O–H groups in total. The van der Waals surface area contributed by atoms with E-state index in [-0.39, 0.29) is 5.97 Å². The summed E-state index contributed by atoms with van der Waals surface area (Å²) in [7, 11) is 0. The first-order chi connectivity index (χ1) is 12.7. The van der Waals surface area contributed by atoms with Gasteiger partial charge in [-0.1, -0.05) is 114 Å². The van der Waals surface area contributed by atoms with Gasteiger partial charge in [0.05, 0.1) is 0 Å². The maximum atomic E-state index is 11.9. The molecule has 1 rings (SSSR count). The van der Waals surface area contributed by atoms with Crippen molar-refractivity contribution < 1.29 is 9.53 Å². The molecule has 1 aromatic carbocycles. The van der Waals surface area contributed by atoms with Gasteiger partial charge in [-0.3, -0.25) is 4.79 Å². The Morgan fingerprint density at radius 2 is 1.35 bits per heavy atom. The Morgan fingerprint density at radius 3 is 1.88 bits per heavy atom. The molecule has 1 unspecified atom stereocenters. The molecule has 3 heteroatoms. The van der Waals surface area contributed by atoms with Gasteiger partial charge in [0.15, 0.2) is 0 Å². The molecule has 0 saturated carbocycles. The van der Waals surface area contributed by atoms with Crippen LogP contribution in [-0.4, -0.2) is 12.0 Å². The Labute approximate surface area is 160 Å². The number of carbonyl (C=O) groups excluding carboxylic acids is 1. The monoisotopic (exact) mass is 361 g/mol. The highest BCUT2D eigenvalue weighted by Gasteiger charge is 2.14. The van der Waals surface area contributed by atoms with Crippen LogP contribution in [0, 0.1) is 0 Å². The Bertz CT molecular complexity index is 447. The summed E-state index contributed by atoms with van der Waals surface area (Å²) in [5.74, 6) is -0.281. The fraction of sp³-hybridized carbons (Fsp3) is 0.696. The molecular weight excluding hydrogens is 322 g/mol. The number of nitrogens with two attached hydrogens (primary N) is 1. The van der Waals surface area contributed by atoms with E-state index < -0.39 is 6.04 Å². The van der Waals surface area contributed by atoms with Gasteiger partial charge in [-0.15, -0.1) is 0 Å². The molecule has 0 aliphatic heterocycles. The van der Waals surface area contributed by atoms with Crippen LogP contribution in [-0.2, 0) is 16.1 Å². The molecule has 0 aliphatic carbocycles. The van der Waals surface area contributed by atoms with Crippen molar-refractivity contribution in [2.75, 3.05) is 0 Å². The van der Waals surface area contributed by atoms with Gasteiger partial charge in [-0.25, -0.2) is 0 Å². The van der Waals surface area contributed by atoms with Crippen molar-refractivity contribution in [1.82, 2.24) is 0 Å². The summed E-state index contributed by atoms with van der Waals surface area (Å²) in [5, 5.41) is 0. The van der Waals surface area contributed by atoms with E-state index in [1.54, 1.807) is 0 Å². The van der Waals surface area contributed by atoms with Crippen LogP contribution < -0.4 is 5.73 Å². The fourth-order valence-electron chi connectivity index (χ4n) is 3.16. The van der Waals surface area contributed by atoms with Crippen LogP contribution in [0.3, 0.4) is 0 Å². The standard InChI is InChI=1S/C23H39NO2/c1-2-3-4-5-6-7-8-9-10-11-12-16-19-22(24)23(25)26-20-21-17-14-13-15-18-21/h13-15,17-18,22H,2-12,16,19-20,24H2,1H3. The molecule has 26 heavy (non-hydrogen) atoms. The zero-order valence-electron chi connectivity index (χ0n) is 16.8. The lowest BCUT2D eigenvalue weighted by atomic mass is 10.0. The molecular formula is C23H39NO2. The summed E-state index contributed by atoms with van der Waals surface area (Å²) < 4.78 is 5.28. The maximum absolute atomic E-state index is 11.9. The second-order valence-electron chi connectivity index (χ2n) is 7.38. The SMILES string of the molecule is CCCCCCCCCCCCCCC(N)C(=O)OCc1ccccc1. The summed E-state index contributed by atoms with van der Waals surface area (Å²) in [4.78, 5) is 11.9. The molecule has 0 bridgehead atoms. The second kappa shape index (κ2) is 15.9. The number of ether oxygens (including phenoxy) is 1. The number of hydrogen-bond donors (Lipinski definition) is 1. The number of benzene rings is 1. The number of hydrogen-bond acceptors (Lipinski definition) is 3. The average Bonchev–Trinajstić information content (AvgIpc) is 2.67. The highest BCUT2D eigenvalue weighted by atomic mass is 16.5. The molecule has 0 heterocycles. The van der Waals surface area contributed by atoms with Crippen molar-refractivity contribution >= 4 is 5.97 Å². The van der Waals surface area contributed by atoms with Crippen molar-refractivity contribution in [2.24, 2.45) is 5.73 Å². The maximum Gasteiger partial charge on any atom is 0.323 e. The molecule has 148 valence electrons. The van der Waals surface area contributed by atoms with Crippen LogP contribution >= 0.6 is 0 Å². The first-order valence-electron chi connectivity index (χ1n) is 10.7. The van der Waals surface area contributed by atoms with Gasteiger partial charge in [-0.2, -0.15) is 0 Å². The first-order valence-corrected chi connectivity index (χ1v) is 10.7. The smallest absolute Gasteiger partial charge is 0.323 e. The second-order valence-corrected chi connectivity index (χ2v) is 7.38. The van der Waals surface area contributed by atoms with E-state index in [1.807, 2.05) is 30.3 Å². The zero-order valence-corrected chi connectivity index (χ0v) is 16.8. The minimum atomic E-state index is -0.484. The van der Waals surface area contributed by atoms with Crippen LogP contribution in [0.25, 0.3) is 0 Å².